The Morgan fingerprint density at radius 2 is 2.41 bits per heavy atom. The van der Waals surface area contributed by atoms with E-state index >= 15 is 0 Å². The molecule has 1 aliphatic rings. The van der Waals surface area contributed by atoms with Crippen molar-refractivity contribution in [2.75, 3.05) is 13.2 Å². The largest absolute Gasteiger partial charge is 0.381 e. The van der Waals surface area contributed by atoms with Crippen LogP contribution in [0.3, 0.4) is 0 Å². The van der Waals surface area contributed by atoms with Crippen molar-refractivity contribution < 1.29 is 4.74 Å². The molecule has 3 rings (SSSR count). The number of hydrogen-bond donors (Lipinski definition) is 1. The number of aromatic nitrogens is 2. The average Bonchev–Trinajstić information content (AvgIpc) is 2.90. The Kier molecular flexibility index (Phi) is 2.52. The van der Waals surface area contributed by atoms with E-state index in [1.807, 2.05) is 23.6 Å². The number of benzene rings is 1. The van der Waals surface area contributed by atoms with Crippen LogP contribution in [0.2, 0.25) is 0 Å². The van der Waals surface area contributed by atoms with E-state index in [1.165, 1.54) is 5.56 Å². The van der Waals surface area contributed by atoms with Crippen LogP contribution in [0.15, 0.2) is 23.0 Å². The number of aromatic amines is 1. The second kappa shape index (κ2) is 4.04. The van der Waals surface area contributed by atoms with Crippen molar-refractivity contribution in [3.05, 3.63) is 34.2 Å². The first-order valence-electron chi connectivity index (χ1n) is 6.01. The highest BCUT2D eigenvalue weighted by atomic mass is 16.5. The summed E-state index contributed by atoms with van der Waals surface area (Å²) < 4.78 is 7.19. The standard InChI is InChI=1S/C13H16N2O2/c1-9-2-3-11-12(6-9)15(13(16)14-11)7-10-4-5-17-8-10/h2-3,6,10H,4-5,7-8H2,1H3,(H,14,16). The predicted molar refractivity (Wildman–Crippen MR) is 66.2 cm³/mol. The monoisotopic (exact) mass is 232 g/mol. The van der Waals surface area contributed by atoms with E-state index in [2.05, 4.69) is 11.1 Å². The summed E-state index contributed by atoms with van der Waals surface area (Å²) in [5.41, 5.74) is 3.08. The molecule has 0 bridgehead atoms. The lowest BCUT2D eigenvalue weighted by Crippen LogP contribution is -2.21. The Morgan fingerprint density at radius 1 is 1.53 bits per heavy atom. The van der Waals surface area contributed by atoms with Gasteiger partial charge in [0.2, 0.25) is 0 Å². The Morgan fingerprint density at radius 3 is 3.18 bits per heavy atom. The van der Waals surface area contributed by atoms with Crippen molar-refractivity contribution in [3.8, 4) is 0 Å². The van der Waals surface area contributed by atoms with Gasteiger partial charge in [0.15, 0.2) is 0 Å². The molecule has 90 valence electrons. The van der Waals surface area contributed by atoms with E-state index in [0.29, 0.717) is 5.92 Å². The Hall–Kier alpha value is -1.55. The SMILES string of the molecule is Cc1ccc2[nH]c(=O)n(CC3CCOC3)c2c1. The van der Waals surface area contributed by atoms with Crippen LogP contribution in [-0.4, -0.2) is 22.8 Å². The van der Waals surface area contributed by atoms with Crippen LogP contribution < -0.4 is 5.69 Å². The molecule has 1 aliphatic heterocycles. The Bertz CT molecular complexity index is 591. The first-order valence-corrected chi connectivity index (χ1v) is 6.01. The molecule has 1 N–H and O–H groups in total. The number of imidazole rings is 1. The molecule has 2 aromatic rings. The van der Waals surface area contributed by atoms with Gasteiger partial charge in [0, 0.05) is 19.1 Å². The highest BCUT2D eigenvalue weighted by molar-refractivity contribution is 5.75. The summed E-state index contributed by atoms with van der Waals surface area (Å²) >= 11 is 0. The molecule has 2 heterocycles. The third kappa shape index (κ3) is 1.89. The van der Waals surface area contributed by atoms with Gasteiger partial charge in [-0.3, -0.25) is 4.57 Å². The van der Waals surface area contributed by atoms with Gasteiger partial charge >= 0.3 is 5.69 Å². The fourth-order valence-corrected chi connectivity index (χ4v) is 2.43. The van der Waals surface area contributed by atoms with Gasteiger partial charge in [-0.15, -0.1) is 0 Å². The normalized spacial score (nSPS) is 20.2. The molecule has 4 nitrogen and oxygen atoms in total. The zero-order chi connectivity index (χ0) is 11.8. The topological polar surface area (TPSA) is 47.0 Å². The molecule has 4 heteroatoms. The van der Waals surface area contributed by atoms with Crippen LogP contribution in [0, 0.1) is 12.8 Å². The molecule has 1 aromatic heterocycles. The maximum absolute atomic E-state index is 11.9. The minimum absolute atomic E-state index is 0.0162. The molecule has 1 aromatic carbocycles. The zero-order valence-corrected chi connectivity index (χ0v) is 9.90. The summed E-state index contributed by atoms with van der Waals surface area (Å²) in [5, 5.41) is 0. The van der Waals surface area contributed by atoms with Crippen molar-refractivity contribution in [3.63, 3.8) is 0 Å². The highest BCUT2D eigenvalue weighted by Gasteiger charge is 2.18. The Balaban J connectivity index is 2.04. The highest BCUT2D eigenvalue weighted by Crippen LogP contribution is 2.18. The molecule has 1 fully saturated rings. The van der Waals surface area contributed by atoms with E-state index in [9.17, 15) is 4.79 Å². The number of nitrogens with one attached hydrogen (secondary N) is 1. The van der Waals surface area contributed by atoms with Gasteiger partial charge in [-0.1, -0.05) is 6.07 Å². The van der Waals surface area contributed by atoms with E-state index < -0.39 is 0 Å². The number of hydrogen-bond acceptors (Lipinski definition) is 2. The lowest BCUT2D eigenvalue weighted by Gasteiger charge is -2.08. The fourth-order valence-electron chi connectivity index (χ4n) is 2.43. The minimum atomic E-state index is -0.0162. The zero-order valence-electron chi connectivity index (χ0n) is 9.90. The summed E-state index contributed by atoms with van der Waals surface area (Å²) in [5.74, 6) is 0.465. The maximum atomic E-state index is 11.9. The molecule has 0 radical (unpaired) electrons. The van der Waals surface area contributed by atoms with Crippen LogP contribution in [0.25, 0.3) is 11.0 Å². The summed E-state index contributed by atoms with van der Waals surface area (Å²) in [6, 6.07) is 6.04. The van der Waals surface area contributed by atoms with Gasteiger partial charge in [-0.25, -0.2) is 4.79 Å². The van der Waals surface area contributed by atoms with Crippen molar-refractivity contribution >= 4 is 11.0 Å². The van der Waals surface area contributed by atoms with Crippen molar-refractivity contribution in [2.24, 2.45) is 5.92 Å². The van der Waals surface area contributed by atoms with Crippen molar-refractivity contribution in [1.82, 2.24) is 9.55 Å². The number of nitrogens with zero attached hydrogens (tertiary/aromatic N) is 1. The molecule has 0 saturated carbocycles. The summed E-state index contributed by atoms with van der Waals surface area (Å²) in [6.07, 6.45) is 1.05. The van der Waals surface area contributed by atoms with Crippen LogP contribution in [0.1, 0.15) is 12.0 Å². The number of H-pyrrole nitrogens is 1. The molecular formula is C13H16N2O2. The lowest BCUT2D eigenvalue weighted by atomic mass is 10.1. The van der Waals surface area contributed by atoms with Crippen LogP contribution in [0.5, 0.6) is 0 Å². The number of fused-ring (bicyclic) bond motifs is 1. The van der Waals surface area contributed by atoms with Crippen LogP contribution in [0.4, 0.5) is 0 Å². The Labute approximate surface area is 99.2 Å². The molecule has 1 saturated heterocycles. The molecule has 1 atom stereocenters. The molecule has 1 unspecified atom stereocenters. The summed E-state index contributed by atoms with van der Waals surface area (Å²) in [4.78, 5) is 14.8. The number of ether oxygens (including phenoxy) is 1. The fraction of sp³-hybridized carbons (Fsp3) is 0.462. The van der Waals surface area contributed by atoms with Gasteiger partial charge in [-0.2, -0.15) is 0 Å². The summed E-state index contributed by atoms with van der Waals surface area (Å²) in [7, 11) is 0. The predicted octanol–water partition coefficient (Wildman–Crippen LogP) is 1.67. The lowest BCUT2D eigenvalue weighted by molar-refractivity contribution is 0.182. The van der Waals surface area contributed by atoms with E-state index in [-0.39, 0.29) is 5.69 Å². The van der Waals surface area contributed by atoms with Gasteiger partial charge in [-0.05, 0) is 31.0 Å². The first-order chi connectivity index (χ1) is 8.24. The second-order valence-electron chi connectivity index (χ2n) is 4.79. The van der Waals surface area contributed by atoms with E-state index in [1.54, 1.807) is 0 Å². The van der Waals surface area contributed by atoms with Gasteiger partial charge in [0.1, 0.15) is 0 Å². The van der Waals surface area contributed by atoms with Crippen molar-refractivity contribution in [2.45, 2.75) is 19.9 Å². The van der Waals surface area contributed by atoms with Crippen LogP contribution in [-0.2, 0) is 11.3 Å². The molecule has 17 heavy (non-hydrogen) atoms. The quantitative estimate of drug-likeness (QED) is 0.856. The van der Waals surface area contributed by atoms with Gasteiger partial charge in [0.25, 0.3) is 0 Å². The van der Waals surface area contributed by atoms with Crippen molar-refractivity contribution in [1.29, 1.82) is 0 Å². The second-order valence-corrected chi connectivity index (χ2v) is 4.79. The smallest absolute Gasteiger partial charge is 0.326 e. The maximum Gasteiger partial charge on any atom is 0.326 e. The third-order valence-electron chi connectivity index (χ3n) is 3.40. The molecule has 0 amide bonds. The van der Waals surface area contributed by atoms with Gasteiger partial charge < -0.3 is 9.72 Å². The minimum Gasteiger partial charge on any atom is -0.381 e. The van der Waals surface area contributed by atoms with E-state index in [4.69, 9.17) is 4.74 Å². The molecule has 0 aliphatic carbocycles. The number of aryl methyl sites for hydroxylation is 1. The number of rotatable bonds is 2. The third-order valence-corrected chi connectivity index (χ3v) is 3.40. The van der Waals surface area contributed by atoms with E-state index in [0.717, 1.165) is 37.2 Å². The van der Waals surface area contributed by atoms with Gasteiger partial charge in [0.05, 0.1) is 17.6 Å². The molecule has 0 spiro atoms. The summed E-state index contributed by atoms with van der Waals surface area (Å²) in [6.45, 7) is 4.38. The van der Waals surface area contributed by atoms with Crippen LogP contribution >= 0.6 is 0 Å². The first kappa shape index (κ1) is 10.6. The molecular weight excluding hydrogens is 216 g/mol. The average molecular weight is 232 g/mol.